The number of amides is 2. The third-order valence-corrected chi connectivity index (χ3v) is 7.07. The van der Waals surface area contributed by atoms with Crippen molar-refractivity contribution < 1.29 is 38.4 Å². The Morgan fingerprint density at radius 2 is 2.11 bits per heavy atom. The molecule has 14 nitrogen and oxygen atoms in total. The van der Waals surface area contributed by atoms with E-state index in [1.54, 1.807) is 30.1 Å². The van der Waals surface area contributed by atoms with Gasteiger partial charge in [-0.2, -0.15) is 9.36 Å². The summed E-state index contributed by atoms with van der Waals surface area (Å²) in [5.41, 5.74) is 6.28. The topological polar surface area (TPSA) is 193 Å². The van der Waals surface area contributed by atoms with E-state index >= 15 is 0 Å². The molecule has 4 rings (SSSR count). The number of pyridine rings is 1. The van der Waals surface area contributed by atoms with Gasteiger partial charge in [0.25, 0.3) is 11.8 Å². The summed E-state index contributed by atoms with van der Waals surface area (Å²) in [5, 5.41) is 17.0. The number of carbonyl (C=O) groups is 4. The summed E-state index contributed by atoms with van der Waals surface area (Å²) >= 11 is 2.31. The van der Waals surface area contributed by atoms with Crippen LogP contribution >= 0.6 is 23.3 Å². The number of carbonyl (C=O) groups excluding carboxylic acids is 4. The molecule has 2 aliphatic rings. The van der Waals surface area contributed by atoms with Crippen molar-refractivity contribution in [1.29, 1.82) is 0 Å². The van der Waals surface area contributed by atoms with E-state index < -0.39 is 30.5 Å². The van der Waals surface area contributed by atoms with Gasteiger partial charge in [-0.05, 0) is 6.92 Å². The maximum absolute atomic E-state index is 13.0. The Bertz CT molecular complexity index is 1280. The van der Waals surface area contributed by atoms with E-state index in [1.807, 2.05) is 0 Å². The van der Waals surface area contributed by atoms with E-state index in [4.69, 9.17) is 15.3 Å². The highest BCUT2D eigenvalue weighted by atomic mass is 32.2. The number of carboxylic acid groups (broad SMARTS) is 1. The second kappa shape index (κ2) is 11.3. The zero-order valence-corrected chi connectivity index (χ0v) is 21.0. The maximum atomic E-state index is 13.0. The minimum Gasteiger partial charge on any atom is -0.545 e. The second-order valence-corrected chi connectivity index (χ2v) is 9.60. The van der Waals surface area contributed by atoms with Crippen LogP contribution in [0.5, 0.6) is 0 Å². The van der Waals surface area contributed by atoms with Gasteiger partial charge in [0.1, 0.15) is 11.4 Å². The lowest BCUT2D eigenvalue weighted by Crippen LogP contribution is -2.69. The largest absolute Gasteiger partial charge is 0.545 e. The first kappa shape index (κ1) is 26.0. The number of nitrogens with one attached hydrogen (secondary N) is 1. The smallest absolute Gasteiger partial charge is 0.347 e. The van der Waals surface area contributed by atoms with Crippen molar-refractivity contribution in [3.63, 3.8) is 0 Å². The molecule has 0 bridgehead atoms. The van der Waals surface area contributed by atoms with Gasteiger partial charge >= 0.3 is 5.97 Å². The van der Waals surface area contributed by atoms with Crippen molar-refractivity contribution in [3.05, 3.63) is 47.7 Å². The third-order valence-electron chi connectivity index (χ3n) is 5.15. The first-order chi connectivity index (χ1) is 17.8. The van der Waals surface area contributed by atoms with Crippen LogP contribution in [-0.2, 0) is 30.5 Å². The van der Waals surface area contributed by atoms with Crippen molar-refractivity contribution in [1.82, 2.24) is 19.6 Å². The van der Waals surface area contributed by atoms with Crippen LogP contribution in [-0.4, -0.2) is 74.1 Å². The van der Waals surface area contributed by atoms with Crippen LogP contribution in [0, 0.1) is 0 Å². The minimum atomic E-state index is -1.26. The summed E-state index contributed by atoms with van der Waals surface area (Å²) in [6, 6.07) is 2.06. The molecule has 0 aromatic carbocycles. The van der Waals surface area contributed by atoms with Crippen LogP contribution in [0.15, 0.2) is 41.5 Å². The lowest BCUT2D eigenvalue weighted by atomic mass is 10.1. The molecule has 37 heavy (non-hydrogen) atoms. The zero-order chi connectivity index (χ0) is 26.5. The Hall–Kier alpha value is -4.05. The molecule has 0 aliphatic carbocycles. The van der Waals surface area contributed by atoms with Crippen LogP contribution in [0.25, 0.3) is 0 Å². The van der Waals surface area contributed by atoms with E-state index in [0.29, 0.717) is 12.3 Å². The number of hydrogen-bond acceptors (Lipinski definition) is 13. The van der Waals surface area contributed by atoms with Crippen molar-refractivity contribution >= 4 is 57.9 Å². The summed E-state index contributed by atoms with van der Waals surface area (Å²) in [6.45, 7) is 1.73. The number of nitrogens with two attached hydrogens (primary N) is 1. The molecule has 194 valence electrons. The van der Waals surface area contributed by atoms with Crippen molar-refractivity contribution in [3.8, 4) is 0 Å². The molecule has 1 fully saturated rings. The number of carboxylic acids is 1. The molecule has 0 spiro atoms. The molecule has 3 N–H and O–H groups in total. The minimum absolute atomic E-state index is 0.0737. The molecule has 2 atom stereocenters. The van der Waals surface area contributed by atoms with Crippen LogP contribution < -0.4 is 20.7 Å². The molecule has 1 saturated heterocycles. The van der Waals surface area contributed by atoms with Gasteiger partial charge in [-0.3, -0.25) is 9.59 Å². The lowest BCUT2D eigenvalue weighted by Gasteiger charge is -2.47. The van der Waals surface area contributed by atoms with Gasteiger partial charge in [0.2, 0.25) is 18.1 Å². The van der Waals surface area contributed by atoms with Gasteiger partial charge in [-0.15, -0.1) is 11.8 Å². The first-order valence-corrected chi connectivity index (χ1v) is 12.7. The molecule has 2 aromatic heterocycles. The van der Waals surface area contributed by atoms with Gasteiger partial charge in [0.05, 0.1) is 12.6 Å². The molecule has 1 unspecified atom stereocenters. The Morgan fingerprint density at radius 3 is 2.76 bits per heavy atom. The maximum Gasteiger partial charge on any atom is 0.347 e. The van der Waals surface area contributed by atoms with Gasteiger partial charge in [0.15, 0.2) is 24.1 Å². The first-order valence-electron chi connectivity index (χ1n) is 10.9. The molecule has 2 aromatic rings. The SMILES string of the molecule is CCOC(=O)CO/N=C(\C(=O)NC1C(=O)N2C=C(C[n+]3ccc(C(=O)[O-])cc3)CS[C@H]12)c1nsc(N)n1. The number of rotatable bonds is 10. The lowest BCUT2D eigenvalue weighted by molar-refractivity contribution is -0.689. The van der Waals surface area contributed by atoms with Crippen molar-refractivity contribution in [2.75, 3.05) is 24.7 Å². The quantitative estimate of drug-likeness (QED) is 0.110. The summed E-state index contributed by atoms with van der Waals surface area (Å²) in [7, 11) is 0. The van der Waals surface area contributed by atoms with Crippen LogP contribution in [0.4, 0.5) is 5.13 Å². The van der Waals surface area contributed by atoms with E-state index in [1.165, 1.54) is 28.8 Å². The fraction of sp³-hybridized carbons (Fsp3) is 0.333. The highest BCUT2D eigenvalue weighted by Gasteiger charge is 2.50. The molecule has 0 saturated carbocycles. The monoisotopic (exact) mass is 547 g/mol. The predicted octanol–water partition coefficient (Wildman–Crippen LogP) is -1.96. The number of anilines is 1. The predicted molar refractivity (Wildman–Crippen MR) is 128 cm³/mol. The van der Waals surface area contributed by atoms with E-state index in [9.17, 15) is 24.3 Å². The van der Waals surface area contributed by atoms with Crippen molar-refractivity contribution in [2.45, 2.75) is 24.9 Å². The van der Waals surface area contributed by atoms with Crippen LogP contribution in [0.1, 0.15) is 23.1 Å². The molecular weight excluding hydrogens is 526 g/mol. The number of fused-ring (bicyclic) bond motifs is 1. The summed E-state index contributed by atoms with van der Waals surface area (Å²) in [6.07, 6.45) is 4.97. The Morgan fingerprint density at radius 1 is 1.35 bits per heavy atom. The fourth-order valence-corrected chi connectivity index (χ4v) is 5.14. The standard InChI is InChI=1S/C21H21N7O7S2/c1-2-34-13(29)9-35-25-14(16-24-21(22)37-26-16)17(30)23-15-18(31)28-8-11(10-36-19(15)28)7-27-5-3-12(4-6-27)20(32)33/h3-6,8,15,19H,2,7,9-10H2,1H3,(H3-,22,23,24,26,30,32,33)/b25-14-/t15?,19-/m1/s1. The Labute approximate surface area is 218 Å². The van der Waals surface area contributed by atoms with Gasteiger partial charge in [0, 0.05) is 46.8 Å². The second-order valence-electron chi connectivity index (χ2n) is 7.71. The average Bonchev–Trinajstić information content (AvgIpc) is 3.31. The number of oxime groups is 1. The molecule has 2 amide bonds. The average molecular weight is 548 g/mol. The van der Waals surface area contributed by atoms with Crippen LogP contribution in [0.2, 0.25) is 0 Å². The number of esters is 1. The third kappa shape index (κ3) is 6.03. The number of aromatic carboxylic acids is 1. The Balaban J connectivity index is 1.40. The van der Waals surface area contributed by atoms with E-state index in [0.717, 1.165) is 17.1 Å². The zero-order valence-electron chi connectivity index (χ0n) is 19.4. The number of nitrogen functional groups attached to an aromatic ring is 1. The van der Waals surface area contributed by atoms with E-state index in [-0.39, 0.29) is 40.1 Å². The summed E-state index contributed by atoms with van der Waals surface area (Å²) < 4.78 is 10.5. The number of β-lactam (4-membered cyclic amide) rings is 1. The number of aromatic nitrogens is 3. The number of nitrogens with zero attached hydrogens (tertiary/aromatic N) is 5. The Kier molecular flexibility index (Phi) is 7.98. The number of thioether (sulfide) groups is 1. The van der Waals surface area contributed by atoms with E-state index in [2.05, 4.69) is 19.8 Å². The van der Waals surface area contributed by atoms with Crippen molar-refractivity contribution in [2.24, 2.45) is 5.16 Å². The molecule has 16 heteroatoms. The summed E-state index contributed by atoms with van der Waals surface area (Å²) in [5.74, 6) is -2.53. The van der Waals surface area contributed by atoms with Gasteiger partial charge in [-0.1, -0.05) is 5.16 Å². The number of hydrogen-bond donors (Lipinski definition) is 2. The molecular formula is C21H21N7O7S2. The fourth-order valence-electron chi connectivity index (χ4n) is 3.46. The van der Waals surface area contributed by atoms with Gasteiger partial charge < -0.3 is 35.4 Å². The molecule has 0 radical (unpaired) electrons. The number of ether oxygens (including phenoxy) is 1. The normalized spacial score (nSPS) is 18.8. The molecule has 4 heterocycles. The summed E-state index contributed by atoms with van der Waals surface area (Å²) in [4.78, 5) is 58.5. The molecule has 2 aliphatic heterocycles. The highest BCUT2D eigenvalue weighted by Crippen LogP contribution is 2.36. The van der Waals surface area contributed by atoms with Crippen LogP contribution in [0.3, 0.4) is 0 Å². The van der Waals surface area contributed by atoms with Gasteiger partial charge in [-0.25, -0.2) is 9.36 Å². The highest BCUT2D eigenvalue weighted by molar-refractivity contribution is 8.00.